The summed E-state index contributed by atoms with van der Waals surface area (Å²) >= 11 is 0. The van der Waals surface area contributed by atoms with Gasteiger partial charge in [-0.15, -0.1) is 70.3 Å². The topological polar surface area (TPSA) is 0 Å². The molecule has 0 aliphatic carbocycles. The molecule has 0 N–H and O–H groups in total. The molecule has 0 nitrogen and oxygen atoms in total. The minimum atomic E-state index is 0. The maximum Gasteiger partial charge on any atom is 4.00 e. The van der Waals surface area contributed by atoms with Crippen molar-refractivity contribution in [3.05, 3.63) is 83.9 Å². The fraction of sp³-hybridized carbons (Fsp3) is 0.100. The van der Waals surface area contributed by atoms with Crippen LogP contribution in [0, 0.1) is 13.8 Å². The number of fused-ring (bicyclic) bond motifs is 2. The third kappa shape index (κ3) is 5.70. The first-order chi connectivity index (χ1) is 9.75. The van der Waals surface area contributed by atoms with E-state index in [1.807, 2.05) is 0 Å². The molecule has 0 aromatic heterocycles. The maximum atomic E-state index is 2.24. The Labute approximate surface area is 180 Å². The standard InChI is InChI=1S/C11H11.C9H7.2ClH.Hf.H3Si/c1-8-7-10-5-3-4-6-11(10)9(8)2;1-2-5-9-7-3-6-8(9)4-1;;;;/h3-7H,1-2H3;1-7H;2*1H;;1H3/q2*-1;;;+4;/p-2. The molecule has 123 valence electrons. The molecule has 24 heavy (non-hydrogen) atoms. The van der Waals surface area contributed by atoms with Gasteiger partial charge in [-0.25, -0.2) is 0 Å². The smallest absolute Gasteiger partial charge is 1.00 e. The first-order valence-corrected chi connectivity index (χ1v) is 6.98. The second-order valence-corrected chi connectivity index (χ2v) is 5.19. The Morgan fingerprint density at radius 2 is 1.33 bits per heavy atom. The number of benzene rings is 2. The van der Waals surface area contributed by atoms with E-state index in [4.69, 9.17) is 0 Å². The van der Waals surface area contributed by atoms with Crippen LogP contribution in [0.3, 0.4) is 0 Å². The zero-order valence-electron chi connectivity index (χ0n) is 14.2. The van der Waals surface area contributed by atoms with E-state index in [0.717, 1.165) is 0 Å². The van der Waals surface area contributed by atoms with E-state index >= 15 is 0 Å². The van der Waals surface area contributed by atoms with Crippen molar-refractivity contribution < 1.29 is 50.7 Å². The molecule has 4 aromatic carbocycles. The van der Waals surface area contributed by atoms with Crippen molar-refractivity contribution in [1.29, 1.82) is 0 Å². The summed E-state index contributed by atoms with van der Waals surface area (Å²) in [5.74, 6) is 0. The average Bonchev–Trinajstić information content (AvgIpc) is 3.06. The number of rotatable bonds is 0. The van der Waals surface area contributed by atoms with Crippen LogP contribution in [0.2, 0.25) is 0 Å². The van der Waals surface area contributed by atoms with Crippen LogP contribution >= 0.6 is 0 Å². The summed E-state index contributed by atoms with van der Waals surface area (Å²) in [7, 11) is 0. The summed E-state index contributed by atoms with van der Waals surface area (Å²) in [5.41, 5.74) is 2.81. The number of hydrogen-bond donors (Lipinski definition) is 0. The molecule has 1 radical (unpaired) electrons. The second-order valence-electron chi connectivity index (χ2n) is 5.19. The van der Waals surface area contributed by atoms with E-state index in [-0.39, 0.29) is 61.6 Å². The van der Waals surface area contributed by atoms with Crippen LogP contribution in [0.5, 0.6) is 0 Å². The Bertz CT molecular complexity index is 819. The van der Waals surface area contributed by atoms with Gasteiger partial charge in [-0.2, -0.15) is 23.1 Å². The second kappa shape index (κ2) is 11.8. The van der Waals surface area contributed by atoms with Crippen molar-refractivity contribution in [2.45, 2.75) is 13.8 Å². The number of aryl methyl sites for hydroxylation is 2. The fourth-order valence-electron chi connectivity index (χ4n) is 2.59. The van der Waals surface area contributed by atoms with Gasteiger partial charge in [0, 0.05) is 0 Å². The van der Waals surface area contributed by atoms with Gasteiger partial charge < -0.3 is 24.8 Å². The molecule has 0 amide bonds. The van der Waals surface area contributed by atoms with Crippen molar-refractivity contribution in [3.8, 4) is 0 Å². The molecular weight excluding hydrogens is 518 g/mol. The van der Waals surface area contributed by atoms with Gasteiger partial charge in [0.2, 0.25) is 0 Å². The maximum absolute atomic E-state index is 2.24. The van der Waals surface area contributed by atoms with Crippen LogP contribution in [0.25, 0.3) is 21.5 Å². The van der Waals surface area contributed by atoms with E-state index in [2.05, 4.69) is 86.6 Å². The minimum absolute atomic E-state index is 0. The summed E-state index contributed by atoms with van der Waals surface area (Å²) < 4.78 is 0. The van der Waals surface area contributed by atoms with Gasteiger partial charge in [-0.1, -0.05) is 26.0 Å². The third-order valence-electron chi connectivity index (χ3n) is 3.88. The molecule has 0 fully saturated rings. The van der Waals surface area contributed by atoms with Gasteiger partial charge in [-0.05, 0) is 11.0 Å². The summed E-state index contributed by atoms with van der Waals surface area (Å²) in [6.07, 6.45) is 0. The Morgan fingerprint density at radius 1 is 0.750 bits per heavy atom. The van der Waals surface area contributed by atoms with Crippen LogP contribution in [0.4, 0.5) is 0 Å². The zero-order valence-corrected chi connectivity index (χ0v) is 21.3. The van der Waals surface area contributed by atoms with Gasteiger partial charge in [0.1, 0.15) is 0 Å². The number of hydrogen-bond acceptors (Lipinski definition) is 0. The van der Waals surface area contributed by atoms with Gasteiger partial charge in [0.25, 0.3) is 0 Å². The molecule has 0 saturated heterocycles. The third-order valence-corrected chi connectivity index (χ3v) is 3.88. The SMILES string of the molecule is Cc1[cH-]c2ccccc2c1C.[Cl-].[Cl-].[Hf+4].[SiH3].c1ccc2[cH-]ccc2c1. The van der Waals surface area contributed by atoms with Gasteiger partial charge in [-0.3, -0.25) is 0 Å². The van der Waals surface area contributed by atoms with E-state index in [1.165, 1.54) is 32.7 Å². The predicted molar refractivity (Wildman–Crippen MR) is 98.5 cm³/mol. The Kier molecular flexibility index (Phi) is 12.6. The van der Waals surface area contributed by atoms with Crippen LogP contribution in [-0.2, 0) is 25.8 Å². The molecule has 0 unspecified atom stereocenters. The zero-order chi connectivity index (χ0) is 13.9. The molecule has 4 heteroatoms. The summed E-state index contributed by atoms with van der Waals surface area (Å²) in [6, 6.07) is 25.4. The molecule has 0 aliphatic rings. The normalized spacial score (nSPS) is 8.75. The van der Waals surface area contributed by atoms with Gasteiger partial charge >= 0.3 is 25.8 Å². The van der Waals surface area contributed by atoms with Crippen LogP contribution in [0.1, 0.15) is 11.1 Å². The fourth-order valence-corrected chi connectivity index (χ4v) is 2.59. The molecule has 0 bridgehead atoms. The molecule has 4 aromatic rings. The monoisotopic (exact) mass is 539 g/mol. The van der Waals surface area contributed by atoms with Crippen molar-refractivity contribution in [2.24, 2.45) is 0 Å². The molecule has 0 heterocycles. The van der Waals surface area contributed by atoms with Gasteiger partial charge in [0.15, 0.2) is 0 Å². The Balaban J connectivity index is 0. The Hall–Kier alpha value is -0.673. The quantitative estimate of drug-likeness (QED) is 0.190. The molecule has 4 rings (SSSR count). The molecular formula is C20H21Cl2HfSi. The van der Waals surface area contributed by atoms with E-state index in [0.29, 0.717) is 0 Å². The van der Waals surface area contributed by atoms with E-state index in [1.54, 1.807) is 0 Å². The van der Waals surface area contributed by atoms with Gasteiger partial charge in [0.05, 0.1) is 0 Å². The predicted octanol–water partition coefficient (Wildman–Crippen LogP) is -1.44. The molecule has 0 saturated carbocycles. The largest absolute Gasteiger partial charge is 4.00 e. The van der Waals surface area contributed by atoms with Crippen molar-refractivity contribution >= 4 is 32.5 Å². The summed E-state index contributed by atoms with van der Waals surface area (Å²) in [4.78, 5) is 0. The number of halogens is 2. The summed E-state index contributed by atoms with van der Waals surface area (Å²) in [6.45, 7) is 4.34. The first kappa shape index (κ1) is 25.6. The van der Waals surface area contributed by atoms with E-state index < -0.39 is 0 Å². The first-order valence-electron chi connectivity index (χ1n) is 6.98. The van der Waals surface area contributed by atoms with Crippen LogP contribution < -0.4 is 24.8 Å². The Morgan fingerprint density at radius 3 is 1.96 bits per heavy atom. The molecule has 0 spiro atoms. The minimum Gasteiger partial charge on any atom is -1.00 e. The molecule has 0 atom stereocenters. The average molecular weight is 539 g/mol. The van der Waals surface area contributed by atoms with Crippen molar-refractivity contribution in [1.82, 2.24) is 0 Å². The van der Waals surface area contributed by atoms with Crippen molar-refractivity contribution in [2.75, 3.05) is 0 Å². The van der Waals surface area contributed by atoms with E-state index in [9.17, 15) is 0 Å². The summed E-state index contributed by atoms with van der Waals surface area (Å²) in [5, 5.41) is 5.42. The van der Waals surface area contributed by atoms with Crippen molar-refractivity contribution in [3.63, 3.8) is 0 Å². The van der Waals surface area contributed by atoms with Crippen LogP contribution in [0.15, 0.2) is 72.8 Å². The van der Waals surface area contributed by atoms with Crippen LogP contribution in [-0.4, -0.2) is 11.0 Å². The molecule has 0 aliphatic heterocycles.